The summed E-state index contributed by atoms with van der Waals surface area (Å²) in [4.78, 5) is 23.8. The Morgan fingerprint density at radius 2 is 1.35 bits per heavy atom. The average molecular weight is 401 g/mol. The topological polar surface area (TPSA) is 76.7 Å². The lowest BCUT2D eigenvalue weighted by Crippen LogP contribution is -2.36. The third-order valence-electron chi connectivity index (χ3n) is 3.17. The fraction of sp³-hybridized carbons (Fsp3) is 0.333. The molecule has 1 aromatic carbocycles. The van der Waals surface area contributed by atoms with E-state index in [1.165, 1.54) is 12.1 Å². The first-order valence-electron chi connectivity index (χ1n) is 7.89. The minimum atomic E-state index is -0.796. The lowest BCUT2D eigenvalue weighted by atomic mass is 10.3. The summed E-state index contributed by atoms with van der Waals surface area (Å²) in [5.41, 5.74) is 0. The van der Waals surface area contributed by atoms with Crippen molar-refractivity contribution in [2.45, 2.75) is 26.1 Å². The lowest BCUT2D eigenvalue weighted by Gasteiger charge is -2.19. The van der Waals surface area contributed by atoms with Crippen molar-refractivity contribution >= 4 is 35.0 Å². The van der Waals surface area contributed by atoms with Gasteiger partial charge in [0.25, 0.3) is 11.8 Å². The number of ether oxygens (including phenoxy) is 2. The molecular weight excluding hydrogens is 379 g/mol. The van der Waals surface area contributed by atoms with E-state index >= 15 is 0 Å². The Kier molecular flexibility index (Phi) is 9.02. The van der Waals surface area contributed by atoms with Crippen LogP contribution in [0.5, 0.6) is 11.5 Å². The van der Waals surface area contributed by atoms with Crippen molar-refractivity contribution in [3.05, 3.63) is 47.5 Å². The van der Waals surface area contributed by atoms with Gasteiger partial charge in [-0.1, -0.05) is 35.4 Å². The Labute approximate surface area is 163 Å². The standard InChI is InChI=1S/C18H22Cl2N2O4/c1-5-7-21-17(23)11(3)25-15-10-16(14(20)9-13(15)19)26-12(4)18(24)22-8-6-2/h5-6,9-12H,1-2,7-8H2,3-4H3,(H,21,23)(H,22,24)/t11-,12-/m0/s1. The van der Waals surface area contributed by atoms with Gasteiger partial charge in [0, 0.05) is 19.2 Å². The van der Waals surface area contributed by atoms with E-state index in [9.17, 15) is 9.59 Å². The molecule has 0 aliphatic rings. The van der Waals surface area contributed by atoms with Gasteiger partial charge in [-0.3, -0.25) is 9.59 Å². The van der Waals surface area contributed by atoms with E-state index in [1.54, 1.807) is 26.0 Å². The zero-order valence-corrected chi connectivity index (χ0v) is 16.2. The molecule has 1 rings (SSSR count). The molecule has 0 saturated carbocycles. The molecule has 0 aliphatic carbocycles. The molecule has 0 bridgehead atoms. The Hall–Kier alpha value is -2.18. The average Bonchev–Trinajstić information content (AvgIpc) is 2.61. The second-order valence-corrected chi connectivity index (χ2v) is 6.12. The first-order valence-corrected chi connectivity index (χ1v) is 8.65. The first-order chi connectivity index (χ1) is 12.3. The van der Waals surface area contributed by atoms with Gasteiger partial charge in [-0.2, -0.15) is 0 Å². The molecule has 0 unspecified atom stereocenters. The van der Waals surface area contributed by atoms with E-state index in [1.807, 2.05) is 0 Å². The minimum Gasteiger partial charge on any atom is -0.479 e. The van der Waals surface area contributed by atoms with Crippen LogP contribution in [0.4, 0.5) is 0 Å². The Bertz CT molecular complexity index is 626. The van der Waals surface area contributed by atoms with Crippen LogP contribution in [0.3, 0.4) is 0 Å². The van der Waals surface area contributed by atoms with Crippen LogP contribution in [0.25, 0.3) is 0 Å². The molecular formula is C18H22Cl2N2O4. The van der Waals surface area contributed by atoms with Gasteiger partial charge >= 0.3 is 0 Å². The van der Waals surface area contributed by atoms with Crippen molar-refractivity contribution in [3.63, 3.8) is 0 Å². The largest absolute Gasteiger partial charge is 0.479 e. The number of halogens is 2. The molecule has 0 heterocycles. The van der Waals surface area contributed by atoms with Gasteiger partial charge in [0.1, 0.15) is 11.5 Å². The zero-order chi connectivity index (χ0) is 19.7. The number of rotatable bonds is 10. The molecule has 0 aliphatic heterocycles. The van der Waals surface area contributed by atoms with Crippen molar-refractivity contribution in [1.29, 1.82) is 0 Å². The Morgan fingerprint density at radius 3 is 1.69 bits per heavy atom. The summed E-state index contributed by atoms with van der Waals surface area (Å²) in [6.45, 7) is 10.9. The molecule has 26 heavy (non-hydrogen) atoms. The van der Waals surface area contributed by atoms with E-state index in [-0.39, 0.29) is 33.4 Å². The van der Waals surface area contributed by atoms with Gasteiger partial charge in [0.15, 0.2) is 12.2 Å². The number of nitrogens with one attached hydrogen (secondary N) is 2. The number of benzene rings is 1. The van der Waals surface area contributed by atoms with Gasteiger partial charge in [0.2, 0.25) is 0 Å². The molecule has 8 heteroatoms. The van der Waals surface area contributed by atoms with Gasteiger partial charge < -0.3 is 20.1 Å². The summed E-state index contributed by atoms with van der Waals surface area (Å²) in [5, 5.41) is 5.68. The predicted octanol–water partition coefficient (Wildman–Crippen LogP) is 3.13. The van der Waals surface area contributed by atoms with E-state index in [0.717, 1.165) is 0 Å². The Morgan fingerprint density at radius 1 is 0.962 bits per heavy atom. The highest BCUT2D eigenvalue weighted by molar-refractivity contribution is 6.36. The monoisotopic (exact) mass is 400 g/mol. The minimum absolute atomic E-state index is 0.214. The number of carbonyl (C=O) groups is 2. The van der Waals surface area contributed by atoms with Crippen LogP contribution in [0.1, 0.15) is 13.8 Å². The quantitative estimate of drug-likeness (QED) is 0.591. The number of hydrogen-bond acceptors (Lipinski definition) is 4. The van der Waals surface area contributed by atoms with Crippen LogP contribution >= 0.6 is 23.2 Å². The maximum absolute atomic E-state index is 11.9. The Balaban J connectivity index is 2.88. The summed E-state index contributed by atoms with van der Waals surface area (Å²) < 4.78 is 11.2. The molecule has 0 radical (unpaired) electrons. The fourth-order valence-electron chi connectivity index (χ4n) is 1.81. The molecule has 2 amide bonds. The highest BCUT2D eigenvalue weighted by Crippen LogP contribution is 2.36. The van der Waals surface area contributed by atoms with E-state index < -0.39 is 12.2 Å². The van der Waals surface area contributed by atoms with Gasteiger partial charge in [-0.15, -0.1) is 13.2 Å². The molecule has 6 nitrogen and oxygen atoms in total. The predicted molar refractivity (Wildman–Crippen MR) is 103 cm³/mol. The summed E-state index contributed by atoms with van der Waals surface area (Å²) in [6, 6.07) is 2.87. The molecule has 2 atom stereocenters. The zero-order valence-electron chi connectivity index (χ0n) is 14.7. The van der Waals surface area contributed by atoms with Crippen LogP contribution in [0.15, 0.2) is 37.4 Å². The molecule has 0 saturated heterocycles. The molecule has 1 aromatic rings. The number of carbonyl (C=O) groups excluding carboxylic acids is 2. The third kappa shape index (κ3) is 6.61. The fourth-order valence-corrected chi connectivity index (χ4v) is 2.28. The molecule has 0 aromatic heterocycles. The number of hydrogen-bond donors (Lipinski definition) is 2. The summed E-state index contributed by atoms with van der Waals surface area (Å²) >= 11 is 12.2. The summed E-state index contributed by atoms with van der Waals surface area (Å²) in [5.74, 6) is -0.219. The van der Waals surface area contributed by atoms with Crippen LogP contribution in [0, 0.1) is 0 Å². The molecule has 0 fully saturated rings. The van der Waals surface area contributed by atoms with Crippen molar-refractivity contribution in [3.8, 4) is 11.5 Å². The highest BCUT2D eigenvalue weighted by Gasteiger charge is 2.20. The normalized spacial score (nSPS) is 12.5. The van der Waals surface area contributed by atoms with Crippen molar-refractivity contribution in [1.82, 2.24) is 10.6 Å². The lowest BCUT2D eigenvalue weighted by molar-refractivity contribution is -0.127. The summed E-state index contributed by atoms with van der Waals surface area (Å²) in [6.07, 6.45) is 1.53. The number of amides is 2. The van der Waals surface area contributed by atoms with Gasteiger partial charge in [-0.25, -0.2) is 0 Å². The van der Waals surface area contributed by atoms with Crippen molar-refractivity contribution in [2.24, 2.45) is 0 Å². The molecule has 0 spiro atoms. The smallest absolute Gasteiger partial charge is 0.261 e. The molecule has 2 N–H and O–H groups in total. The SMILES string of the molecule is C=CCNC(=O)[C@H](C)Oc1cc(O[C@@H](C)C(=O)NCC=C)c(Cl)cc1Cl. The van der Waals surface area contributed by atoms with Gasteiger partial charge in [-0.05, 0) is 19.9 Å². The van der Waals surface area contributed by atoms with Crippen molar-refractivity contribution < 1.29 is 19.1 Å². The van der Waals surface area contributed by atoms with Crippen LogP contribution in [-0.4, -0.2) is 37.1 Å². The third-order valence-corrected chi connectivity index (χ3v) is 3.76. The first kappa shape index (κ1) is 21.9. The molecule has 142 valence electrons. The highest BCUT2D eigenvalue weighted by atomic mass is 35.5. The van der Waals surface area contributed by atoms with Crippen LogP contribution in [-0.2, 0) is 9.59 Å². The maximum Gasteiger partial charge on any atom is 0.261 e. The maximum atomic E-state index is 11.9. The van der Waals surface area contributed by atoms with Crippen LogP contribution in [0.2, 0.25) is 10.0 Å². The van der Waals surface area contributed by atoms with E-state index in [2.05, 4.69) is 23.8 Å². The summed E-state index contributed by atoms with van der Waals surface area (Å²) in [7, 11) is 0. The second-order valence-electron chi connectivity index (χ2n) is 5.30. The van der Waals surface area contributed by atoms with Crippen LogP contribution < -0.4 is 20.1 Å². The van der Waals surface area contributed by atoms with Crippen molar-refractivity contribution in [2.75, 3.05) is 13.1 Å². The van der Waals surface area contributed by atoms with E-state index in [4.69, 9.17) is 32.7 Å². The van der Waals surface area contributed by atoms with Gasteiger partial charge in [0.05, 0.1) is 10.0 Å². The van der Waals surface area contributed by atoms with E-state index in [0.29, 0.717) is 13.1 Å². The second kappa shape index (κ2) is 10.7.